The molecule has 108 valence electrons. The number of aromatic nitrogens is 5. The number of aryl methyl sites for hydroxylation is 2. The molecule has 0 spiro atoms. The molecule has 2 heterocycles. The Bertz CT molecular complexity index is 534. The smallest absolute Gasteiger partial charge is 0.315 e. The fourth-order valence-electron chi connectivity index (χ4n) is 1.88. The van der Waals surface area contributed by atoms with Gasteiger partial charge in [0.15, 0.2) is 5.82 Å². The first-order valence-electron chi connectivity index (χ1n) is 6.51. The number of hydrogen-bond donors (Lipinski definition) is 2. The molecule has 0 unspecified atom stereocenters. The monoisotopic (exact) mass is 277 g/mol. The van der Waals surface area contributed by atoms with Crippen LogP contribution in [0.4, 0.5) is 4.79 Å². The van der Waals surface area contributed by atoms with Gasteiger partial charge in [-0.15, -0.1) is 10.2 Å². The molecule has 0 aliphatic rings. The summed E-state index contributed by atoms with van der Waals surface area (Å²) < 4.78 is 3.76. The van der Waals surface area contributed by atoms with Crippen LogP contribution < -0.4 is 10.6 Å². The third kappa shape index (κ3) is 3.81. The number of nitrogens with zero attached hydrogens (tertiary/aromatic N) is 5. The molecule has 2 N–H and O–H groups in total. The zero-order valence-electron chi connectivity index (χ0n) is 11.7. The molecule has 1 atom stereocenters. The summed E-state index contributed by atoms with van der Waals surface area (Å²) in [4.78, 5) is 15.7. The average Bonchev–Trinajstić information content (AvgIpc) is 3.05. The van der Waals surface area contributed by atoms with Crippen LogP contribution in [-0.4, -0.2) is 36.9 Å². The van der Waals surface area contributed by atoms with Crippen LogP contribution in [-0.2, 0) is 13.6 Å². The van der Waals surface area contributed by atoms with Gasteiger partial charge in [0.1, 0.15) is 6.33 Å². The van der Waals surface area contributed by atoms with E-state index in [1.54, 1.807) is 23.4 Å². The third-order valence-corrected chi connectivity index (χ3v) is 2.92. The van der Waals surface area contributed by atoms with Gasteiger partial charge in [-0.3, -0.25) is 0 Å². The van der Waals surface area contributed by atoms with Gasteiger partial charge < -0.3 is 19.8 Å². The Hall–Kier alpha value is -2.38. The quantitative estimate of drug-likeness (QED) is 0.751. The zero-order chi connectivity index (χ0) is 14.4. The van der Waals surface area contributed by atoms with Crippen LogP contribution in [0.25, 0.3) is 0 Å². The molecule has 8 nitrogen and oxygen atoms in total. The molecule has 0 bridgehead atoms. The minimum Gasteiger partial charge on any atom is -0.338 e. The number of hydrogen-bond acceptors (Lipinski definition) is 4. The van der Waals surface area contributed by atoms with Gasteiger partial charge in [0.2, 0.25) is 0 Å². The Labute approximate surface area is 117 Å². The van der Waals surface area contributed by atoms with E-state index in [0.29, 0.717) is 6.54 Å². The molecule has 0 saturated carbocycles. The van der Waals surface area contributed by atoms with Crippen LogP contribution in [0.2, 0.25) is 0 Å². The average molecular weight is 277 g/mol. The molecule has 2 aromatic heterocycles. The Balaban J connectivity index is 1.66. The molecule has 8 heteroatoms. The molecule has 2 rings (SSSR count). The van der Waals surface area contributed by atoms with Crippen molar-refractivity contribution < 1.29 is 4.79 Å². The van der Waals surface area contributed by atoms with Crippen molar-refractivity contribution in [2.75, 3.05) is 6.54 Å². The van der Waals surface area contributed by atoms with Gasteiger partial charge in [0.05, 0.1) is 12.4 Å². The van der Waals surface area contributed by atoms with Gasteiger partial charge in [0, 0.05) is 32.5 Å². The van der Waals surface area contributed by atoms with Crippen LogP contribution in [0.5, 0.6) is 0 Å². The predicted molar refractivity (Wildman–Crippen MR) is 72.8 cm³/mol. The lowest BCUT2D eigenvalue weighted by molar-refractivity contribution is 0.237. The van der Waals surface area contributed by atoms with Crippen molar-refractivity contribution in [1.82, 2.24) is 34.9 Å². The second kappa shape index (κ2) is 6.69. The van der Waals surface area contributed by atoms with E-state index in [1.165, 1.54) is 0 Å². The summed E-state index contributed by atoms with van der Waals surface area (Å²) in [5, 5.41) is 13.4. The summed E-state index contributed by atoms with van der Waals surface area (Å²) in [7, 11) is 1.84. The molecule has 0 fully saturated rings. The van der Waals surface area contributed by atoms with Gasteiger partial charge in [-0.25, -0.2) is 9.78 Å². The highest BCUT2D eigenvalue weighted by atomic mass is 16.2. The topological polar surface area (TPSA) is 89.7 Å². The summed E-state index contributed by atoms with van der Waals surface area (Å²) in [5.41, 5.74) is 0. The van der Waals surface area contributed by atoms with Crippen molar-refractivity contribution in [2.24, 2.45) is 7.05 Å². The van der Waals surface area contributed by atoms with Crippen molar-refractivity contribution in [3.8, 4) is 0 Å². The number of carbonyl (C=O) groups is 1. The summed E-state index contributed by atoms with van der Waals surface area (Å²) >= 11 is 0. The molecule has 2 amide bonds. The predicted octanol–water partition coefficient (Wildman–Crippen LogP) is 0.462. The fourth-order valence-corrected chi connectivity index (χ4v) is 1.88. The van der Waals surface area contributed by atoms with E-state index in [1.807, 2.05) is 24.7 Å². The molecule has 0 aliphatic carbocycles. The zero-order valence-corrected chi connectivity index (χ0v) is 11.7. The number of nitrogens with one attached hydrogen (secondary N) is 2. The molecular formula is C12H19N7O. The summed E-state index contributed by atoms with van der Waals surface area (Å²) in [6.45, 7) is 3.31. The normalized spacial score (nSPS) is 12.1. The minimum atomic E-state index is -0.203. The maximum Gasteiger partial charge on any atom is 0.315 e. The molecule has 0 aliphatic heterocycles. The van der Waals surface area contributed by atoms with Crippen molar-refractivity contribution in [3.05, 3.63) is 30.9 Å². The molecule has 0 radical (unpaired) electrons. The molecule has 0 aromatic carbocycles. The maximum atomic E-state index is 11.7. The van der Waals surface area contributed by atoms with E-state index in [-0.39, 0.29) is 12.1 Å². The van der Waals surface area contributed by atoms with Gasteiger partial charge >= 0.3 is 6.03 Å². The Kier molecular flexibility index (Phi) is 4.70. The van der Waals surface area contributed by atoms with E-state index in [9.17, 15) is 4.79 Å². The lowest BCUT2D eigenvalue weighted by Gasteiger charge is -2.13. The number of imidazole rings is 1. The van der Waals surface area contributed by atoms with Crippen molar-refractivity contribution in [3.63, 3.8) is 0 Å². The first-order valence-corrected chi connectivity index (χ1v) is 6.51. The first kappa shape index (κ1) is 14.0. The van der Waals surface area contributed by atoms with Gasteiger partial charge in [-0.2, -0.15) is 0 Å². The van der Waals surface area contributed by atoms with Crippen LogP contribution in [0, 0.1) is 0 Å². The number of rotatable bonds is 6. The van der Waals surface area contributed by atoms with Crippen molar-refractivity contribution in [1.29, 1.82) is 0 Å². The SMILES string of the molecule is C[C@@H](NC(=O)NCCCn1ccnc1)c1nncn1C. The summed E-state index contributed by atoms with van der Waals surface area (Å²) in [6, 6.07) is -0.387. The molecule has 20 heavy (non-hydrogen) atoms. The minimum absolute atomic E-state index is 0.184. The van der Waals surface area contributed by atoms with Gasteiger partial charge in [-0.1, -0.05) is 0 Å². The van der Waals surface area contributed by atoms with Crippen molar-refractivity contribution >= 4 is 6.03 Å². The van der Waals surface area contributed by atoms with Crippen LogP contribution in [0.15, 0.2) is 25.0 Å². The maximum absolute atomic E-state index is 11.7. The van der Waals surface area contributed by atoms with Crippen LogP contribution >= 0.6 is 0 Å². The molecule has 0 saturated heterocycles. The molecular weight excluding hydrogens is 258 g/mol. The third-order valence-electron chi connectivity index (χ3n) is 2.92. The van der Waals surface area contributed by atoms with E-state index in [4.69, 9.17) is 0 Å². The lowest BCUT2D eigenvalue weighted by atomic mass is 10.3. The van der Waals surface area contributed by atoms with E-state index in [2.05, 4.69) is 25.8 Å². The number of urea groups is 1. The largest absolute Gasteiger partial charge is 0.338 e. The second-order valence-electron chi connectivity index (χ2n) is 4.58. The van der Waals surface area contributed by atoms with Gasteiger partial charge in [-0.05, 0) is 13.3 Å². The highest BCUT2D eigenvalue weighted by Crippen LogP contribution is 2.06. The standard InChI is InChI=1S/C12H19N7O/c1-10(11-17-15-9-18(11)2)16-12(20)14-4-3-6-19-7-5-13-8-19/h5,7-10H,3-4,6H2,1-2H3,(H2,14,16,20)/t10-/m1/s1. The highest BCUT2D eigenvalue weighted by molar-refractivity contribution is 5.74. The Morgan fingerprint density at radius 2 is 2.30 bits per heavy atom. The second-order valence-corrected chi connectivity index (χ2v) is 4.58. The first-order chi connectivity index (χ1) is 9.66. The number of amides is 2. The Morgan fingerprint density at radius 3 is 2.95 bits per heavy atom. The van der Waals surface area contributed by atoms with E-state index < -0.39 is 0 Å². The van der Waals surface area contributed by atoms with E-state index in [0.717, 1.165) is 18.8 Å². The lowest BCUT2D eigenvalue weighted by Crippen LogP contribution is -2.38. The molecule has 2 aromatic rings. The summed E-state index contributed by atoms with van der Waals surface area (Å²) in [5.74, 6) is 0.721. The van der Waals surface area contributed by atoms with Crippen LogP contribution in [0.1, 0.15) is 25.2 Å². The highest BCUT2D eigenvalue weighted by Gasteiger charge is 2.13. The summed E-state index contributed by atoms with van der Waals surface area (Å²) in [6.07, 6.45) is 7.85. The van der Waals surface area contributed by atoms with Crippen molar-refractivity contribution in [2.45, 2.75) is 25.9 Å². The fraction of sp³-hybridized carbons (Fsp3) is 0.500. The number of carbonyl (C=O) groups excluding carboxylic acids is 1. The van der Waals surface area contributed by atoms with Crippen LogP contribution in [0.3, 0.4) is 0 Å². The Morgan fingerprint density at radius 1 is 1.45 bits per heavy atom. The van der Waals surface area contributed by atoms with E-state index >= 15 is 0 Å². The van der Waals surface area contributed by atoms with Gasteiger partial charge in [0.25, 0.3) is 0 Å².